The molecule has 0 spiro atoms. The SMILES string of the molecule is O=C(CCCCCN1C(=O)C(=Cc2cccs2)SC1=S)NCCCN1CCOCC1. The van der Waals surface area contributed by atoms with Crippen LogP contribution in [0.2, 0.25) is 0 Å². The molecule has 1 N–H and O–H groups in total. The maximum atomic E-state index is 12.6. The molecule has 0 aromatic carbocycles. The fourth-order valence-electron chi connectivity index (χ4n) is 3.37. The number of thioether (sulfide) groups is 1. The van der Waals surface area contributed by atoms with Crippen LogP contribution in [0.5, 0.6) is 0 Å². The van der Waals surface area contributed by atoms with Gasteiger partial charge in [-0.1, -0.05) is 36.5 Å². The first kappa shape index (κ1) is 23.4. The van der Waals surface area contributed by atoms with Crippen molar-refractivity contribution in [3.05, 3.63) is 27.3 Å². The average Bonchev–Trinajstić information content (AvgIpc) is 3.35. The number of carbonyl (C=O) groups is 2. The van der Waals surface area contributed by atoms with Crippen LogP contribution in [0.1, 0.15) is 37.0 Å². The third-order valence-corrected chi connectivity index (χ3v) is 7.25. The van der Waals surface area contributed by atoms with E-state index in [9.17, 15) is 9.59 Å². The number of morpholine rings is 1. The summed E-state index contributed by atoms with van der Waals surface area (Å²) in [5.74, 6) is 0.109. The molecule has 1 aromatic rings. The van der Waals surface area contributed by atoms with Crippen LogP contribution in [-0.4, -0.2) is 71.9 Å². The number of amides is 2. The van der Waals surface area contributed by atoms with E-state index in [1.165, 1.54) is 11.8 Å². The average molecular weight is 468 g/mol. The lowest BCUT2D eigenvalue weighted by molar-refractivity contribution is -0.122. The molecule has 0 bridgehead atoms. The molecule has 9 heteroatoms. The van der Waals surface area contributed by atoms with Gasteiger partial charge in [0.25, 0.3) is 5.91 Å². The lowest BCUT2D eigenvalue weighted by atomic mass is 10.2. The van der Waals surface area contributed by atoms with Gasteiger partial charge in [0.05, 0.1) is 18.1 Å². The summed E-state index contributed by atoms with van der Waals surface area (Å²) in [7, 11) is 0. The smallest absolute Gasteiger partial charge is 0.266 e. The molecule has 2 saturated heterocycles. The number of nitrogens with zero attached hydrogens (tertiary/aromatic N) is 2. The molecule has 164 valence electrons. The van der Waals surface area contributed by atoms with Gasteiger partial charge in [0.15, 0.2) is 0 Å². The number of unbranched alkanes of at least 4 members (excludes halogenated alkanes) is 2. The summed E-state index contributed by atoms with van der Waals surface area (Å²) < 4.78 is 5.96. The minimum atomic E-state index is -0.00332. The maximum Gasteiger partial charge on any atom is 0.266 e. The quantitative estimate of drug-likeness (QED) is 0.306. The third kappa shape index (κ3) is 7.46. The molecule has 3 heterocycles. The monoisotopic (exact) mass is 467 g/mol. The zero-order valence-electron chi connectivity index (χ0n) is 17.1. The first-order chi connectivity index (χ1) is 14.6. The van der Waals surface area contributed by atoms with Gasteiger partial charge in [-0.2, -0.15) is 0 Å². The predicted molar refractivity (Wildman–Crippen MR) is 128 cm³/mol. The van der Waals surface area contributed by atoms with Crippen LogP contribution in [0, 0.1) is 0 Å². The van der Waals surface area contributed by atoms with Crippen molar-refractivity contribution >= 4 is 57.5 Å². The van der Waals surface area contributed by atoms with Crippen LogP contribution in [0.25, 0.3) is 6.08 Å². The van der Waals surface area contributed by atoms with Gasteiger partial charge in [-0.05, 0) is 43.3 Å². The summed E-state index contributed by atoms with van der Waals surface area (Å²) in [4.78, 5) is 30.3. The van der Waals surface area contributed by atoms with Crippen molar-refractivity contribution in [2.75, 3.05) is 45.9 Å². The van der Waals surface area contributed by atoms with Crippen molar-refractivity contribution in [2.45, 2.75) is 32.1 Å². The van der Waals surface area contributed by atoms with E-state index in [2.05, 4.69) is 10.2 Å². The zero-order chi connectivity index (χ0) is 21.2. The second-order valence-corrected chi connectivity index (χ2v) is 9.97. The fraction of sp³-hybridized carbons (Fsp3) is 0.571. The van der Waals surface area contributed by atoms with E-state index < -0.39 is 0 Å². The van der Waals surface area contributed by atoms with E-state index in [0.29, 0.717) is 22.2 Å². The topological polar surface area (TPSA) is 61.9 Å². The standard InChI is InChI=1S/C21H29N3O3S3/c25-19(22-8-5-9-23-11-13-27-14-12-23)7-2-1-3-10-24-20(26)18(30-21(24)28)16-17-6-4-15-29-17/h4,6,15-16H,1-3,5,7-14H2,(H,22,25). The molecule has 1 aromatic heterocycles. The van der Waals surface area contributed by atoms with Gasteiger partial charge in [-0.25, -0.2) is 0 Å². The fourth-order valence-corrected chi connectivity index (χ4v) is 5.40. The Morgan fingerprint density at radius 2 is 2.03 bits per heavy atom. The zero-order valence-corrected chi connectivity index (χ0v) is 19.6. The van der Waals surface area contributed by atoms with Crippen molar-refractivity contribution < 1.29 is 14.3 Å². The Hall–Kier alpha value is -1.26. The van der Waals surface area contributed by atoms with E-state index in [4.69, 9.17) is 17.0 Å². The summed E-state index contributed by atoms with van der Waals surface area (Å²) >= 11 is 8.35. The van der Waals surface area contributed by atoms with Gasteiger partial charge >= 0.3 is 0 Å². The van der Waals surface area contributed by atoms with E-state index in [1.807, 2.05) is 23.6 Å². The largest absolute Gasteiger partial charge is 0.379 e. The number of nitrogens with one attached hydrogen (secondary N) is 1. The van der Waals surface area contributed by atoms with Crippen molar-refractivity contribution in [1.29, 1.82) is 0 Å². The molecule has 2 aliphatic rings. The molecule has 0 unspecified atom stereocenters. The molecule has 0 radical (unpaired) electrons. The molecule has 2 aliphatic heterocycles. The highest BCUT2D eigenvalue weighted by Gasteiger charge is 2.31. The van der Waals surface area contributed by atoms with Crippen LogP contribution in [0.3, 0.4) is 0 Å². The van der Waals surface area contributed by atoms with E-state index in [-0.39, 0.29) is 11.8 Å². The lowest BCUT2D eigenvalue weighted by Crippen LogP contribution is -2.38. The Morgan fingerprint density at radius 1 is 1.20 bits per heavy atom. The molecular weight excluding hydrogens is 438 g/mol. The third-order valence-electron chi connectivity index (χ3n) is 5.05. The minimum Gasteiger partial charge on any atom is -0.379 e. The van der Waals surface area contributed by atoms with Crippen LogP contribution >= 0.6 is 35.3 Å². The number of ether oxygens (including phenoxy) is 1. The first-order valence-corrected chi connectivity index (χ1v) is 12.6. The molecule has 30 heavy (non-hydrogen) atoms. The van der Waals surface area contributed by atoms with Gasteiger partial charge in [-0.15, -0.1) is 11.3 Å². The van der Waals surface area contributed by atoms with Crippen molar-refractivity contribution in [3.63, 3.8) is 0 Å². The molecule has 0 saturated carbocycles. The van der Waals surface area contributed by atoms with Crippen molar-refractivity contribution in [3.8, 4) is 0 Å². The van der Waals surface area contributed by atoms with Crippen molar-refractivity contribution in [2.24, 2.45) is 0 Å². The Morgan fingerprint density at radius 3 is 2.80 bits per heavy atom. The highest BCUT2D eigenvalue weighted by atomic mass is 32.2. The summed E-state index contributed by atoms with van der Waals surface area (Å²) in [6, 6.07) is 3.96. The lowest BCUT2D eigenvalue weighted by Gasteiger charge is -2.26. The second kappa shape index (κ2) is 12.6. The van der Waals surface area contributed by atoms with Gasteiger partial charge in [-0.3, -0.25) is 19.4 Å². The van der Waals surface area contributed by atoms with E-state index >= 15 is 0 Å². The van der Waals surface area contributed by atoms with Gasteiger partial charge in [0.1, 0.15) is 4.32 Å². The number of thiophene rings is 1. The number of thiocarbonyl (C=S) groups is 1. The Labute approximate surface area is 192 Å². The first-order valence-electron chi connectivity index (χ1n) is 10.5. The minimum absolute atomic E-state index is 0.00332. The van der Waals surface area contributed by atoms with Gasteiger partial charge in [0.2, 0.25) is 5.91 Å². The van der Waals surface area contributed by atoms with Crippen LogP contribution in [0.15, 0.2) is 22.4 Å². The van der Waals surface area contributed by atoms with Crippen LogP contribution < -0.4 is 5.32 Å². The Kier molecular flexibility index (Phi) is 9.80. The number of rotatable bonds is 11. The summed E-state index contributed by atoms with van der Waals surface area (Å²) in [5.41, 5.74) is 0. The summed E-state index contributed by atoms with van der Waals surface area (Å²) in [5, 5.41) is 5.00. The molecule has 2 fully saturated rings. The molecule has 0 atom stereocenters. The highest BCUT2D eigenvalue weighted by Crippen LogP contribution is 2.33. The number of hydrogen-bond acceptors (Lipinski definition) is 7. The van der Waals surface area contributed by atoms with E-state index in [1.54, 1.807) is 16.2 Å². The van der Waals surface area contributed by atoms with E-state index in [0.717, 1.165) is 70.0 Å². The molecule has 6 nitrogen and oxygen atoms in total. The van der Waals surface area contributed by atoms with Gasteiger partial charge < -0.3 is 10.1 Å². The maximum absolute atomic E-state index is 12.6. The Bertz CT molecular complexity index is 746. The summed E-state index contributed by atoms with van der Waals surface area (Å²) in [6.45, 7) is 5.95. The molecule has 2 amide bonds. The molecule has 3 rings (SSSR count). The van der Waals surface area contributed by atoms with Crippen molar-refractivity contribution in [1.82, 2.24) is 15.1 Å². The van der Waals surface area contributed by atoms with Crippen LogP contribution in [-0.2, 0) is 14.3 Å². The predicted octanol–water partition coefficient (Wildman–Crippen LogP) is 3.35. The molecular formula is C21H29N3O3S3. The number of hydrogen-bond donors (Lipinski definition) is 1. The number of carbonyl (C=O) groups excluding carboxylic acids is 2. The molecule has 0 aliphatic carbocycles. The highest BCUT2D eigenvalue weighted by molar-refractivity contribution is 8.26. The second-order valence-electron chi connectivity index (χ2n) is 7.32. The summed E-state index contributed by atoms with van der Waals surface area (Å²) in [6.07, 6.45) is 6.00. The van der Waals surface area contributed by atoms with Crippen LogP contribution in [0.4, 0.5) is 0 Å². The normalized spacial score (nSPS) is 19.1. The Balaban J connectivity index is 1.24. The van der Waals surface area contributed by atoms with Gasteiger partial charge in [0, 0.05) is 37.5 Å².